The molecule has 4 rings (SSSR count). The Balaban J connectivity index is 1.63. The van der Waals surface area contributed by atoms with Crippen molar-refractivity contribution in [2.24, 2.45) is 0 Å². The molecular weight excluding hydrogens is 383 g/mol. The molecule has 0 saturated carbocycles. The van der Waals surface area contributed by atoms with Crippen LogP contribution in [0.1, 0.15) is 24.5 Å². The molecule has 3 heterocycles. The molecule has 0 N–H and O–H groups in total. The summed E-state index contributed by atoms with van der Waals surface area (Å²) in [5.41, 5.74) is 2.65. The van der Waals surface area contributed by atoms with Gasteiger partial charge in [-0.3, -0.25) is 9.48 Å². The summed E-state index contributed by atoms with van der Waals surface area (Å²) < 4.78 is 15.1. The molecule has 156 valence electrons. The molecule has 1 aliphatic heterocycles. The smallest absolute Gasteiger partial charge is 0.244 e. The summed E-state index contributed by atoms with van der Waals surface area (Å²) >= 11 is 0. The molecule has 1 aliphatic rings. The number of nitrogens with zero attached hydrogens (tertiary/aromatic N) is 6. The van der Waals surface area contributed by atoms with E-state index in [-0.39, 0.29) is 24.2 Å². The number of anilines is 1. The van der Waals surface area contributed by atoms with E-state index in [0.29, 0.717) is 12.5 Å². The van der Waals surface area contributed by atoms with Gasteiger partial charge in [0.05, 0.1) is 5.69 Å². The third-order valence-corrected chi connectivity index (χ3v) is 5.38. The quantitative estimate of drug-likeness (QED) is 0.649. The van der Waals surface area contributed by atoms with E-state index in [9.17, 15) is 9.18 Å². The van der Waals surface area contributed by atoms with Crippen molar-refractivity contribution in [3.8, 4) is 11.1 Å². The highest BCUT2D eigenvalue weighted by molar-refractivity contribution is 5.76. The second kappa shape index (κ2) is 8.61. The number of carbonyl (C=O) groups excluding carboxylic acids is 1. The average Bonchev–Trinajstić information content (AvgIpc) is 3.27. The summed E-state index contributed by atoms with van der Waals surface area (Å²) in [6.07, 6.45) is 7.10. The predicted octanol–water partition coefficient (Wildman–Crippen LogP) is 2.95. The number of amides is 1. The molecule has 1 saturated heterocycles. The lowest BCUT2D eigenvalue weighted by Gasteiger charge is -2.33. The number of hydrogen-bond acceptors (Lipinski definition) is 5. The van der Waals surface area contributed by atoms with E-state index < -0.39 is 0 Å². The van der Waals surface area contributed by atoms with Crippen LogP contribution in [0, 0.1) is 5.82 Å². The average molecular weight is 408 g/mol. The maximum absolute atomic E-state index is 13.4. The molecule has 1 aromatic carbocycles. The molecule has 0 aliphatic carbocycles. The van der Waals surface area contributed by atoms with Gasteiger partial charge in [-0.15, -0.1) is 0 Å². The van der Waals surface area contributed by atoms with Gasteiger partial charge in [-0.1, -0.05) is 12.1 Å². The maximum atomic E-state index is 13.4. The minimum absolute atomic E-state index is 0.0496. The molecule has 0 unspecified atom stereocenters. The fraction of sp³-hybridized carbons (Fsp3) is 0.364. The van der Waals surface area contributed by atoms with E-state index in [1.807, 2.05) is 30.0 Å². The van der Waals surface area contributed by atoms with Crippen molar-refractivity contribution in [3.05, 3.63) is 60.4 Å². The van der Waals surface area contributed by atoms with Crippen LogP contribution in [0.5, 0.6) is 0 Å². The first-order chi connectivity index (χ1) is 14.5. The van der Waals surface area contributed by atoms with Crippen molar-refractivity contribution < 1.29 is 9.18 Å². The van der Waals surface area contributed by atoms with Crippen LogP contribution in [0.3, 0.4) is 0 Å². The number of carbonyl (C=O) groups is 1. The number of rotatable bonds is 5. The molecular formula is C22H25FN6O. The summed E-state index contributed by atoms with van der Waals surface area (Å²) in [4.78, 5) is 25.8. The fourth-order valence-electron chi connectivity index (χ4n) is 3.82. The van der Waals surface area contributed by atoms with Crippen LogP contribution in [0.2, 0.25) is 0 Å². The van der Waals surface area contributed by atoms with Crippen LogP contribution in [-0.2, 0) is 11.3 Å². The van der Waals surface area contributed by atoms with Crippen LogP contribution < -0.4 is 4.90 Å². The summed E-state index contributed by atoms with van der Waals surface area (Å²) in [5.74, 6) is 0.478. The molecule has 0 bridgehead atoms. The highest BCUT2D eigenvalue weighted by atomic mass is 19.1. The maximum Gasteiger partial charge on any atom is 0.244 e. The van der Waals surface area contributed by atoms with Crippen LogP contribution in [-0.4, -0.2) is 57.7 Å². The third kappa shape index (κ3) is 4.32. The first kappa shape index (κ1) is 20.0. The normalized spacial score (nSPS) is 16.5. The molecule has 3 aromatic rings. The number of likely N-dealkylation sites (tertiary alicyclic amines) is 1. The number of benzene rings is 1. The molecule has 0 spiro atoms. The first-order valence-electron chi connectivity index (χ1n) is 10.1. The Bertz CT molecular complexity index is 1000. The van der Waals surface area contributed by atoms with Gasteiger partial charge >= 0.3 is 0 Å². The zero-order valence-corrected chi connectivity index (χ0v) is 17.2. The zero-order chi connectivity index (χ0) is 21.1. The van der Waals surface area contributed by atoms with Gasteiger partial charge in [0.2, 0.25) is 11.9 Å². The second-order valence-electron chi connectivity index (χ2n) is 7.75. The van der Waals surface area contributed by atoms with E-state index in [0.717, 1.165) is 36.2 Å². The lowest BCUT2D eigenvalue weighted by Crippen LogP contribution is -2.41. The molecule has 1 amide bonds. The lowest BCUT2D eigenvalue weighted by molar-refractivity contribution is -0.133. The van der Waals surface area contributed by atoms with Crippen LogP contribution in [0.25, 0.3) is 11.1 Å². The van der Waals surface area contributed by atoms with Gasteiger partial charge in [-0.25, -0.2) is 14.4 Å². The van der Waals surface area contributed by atoms with Crippen molar-refractivity contribution in [2.75, 3.05) is 32.1 Å². The first-order valence-corrected chi connectivity index (χ1v) is 10.1. The summed E-state index contributed by atoms with van der Waals surface area (Å²) in [6.45, 7) is 1.56. The lowest BCUT2D eigenvalue weighted by atomic mass is 9.90. The molecule has 8 heteroatoms. The Labute approximate surface area is 175 Å². The molecule has 2 aromatic heterocycles. The molecule has 1 atom stereocenters. The number of piperidine rings is 1. The minimum Gasteiger partial charge on any atom is -0.347 e. The number of halogens is 1. The largest absolute Gasteiger partial charge is 0.347 e. The van der Waals surface area contributed by atoms with Crippen LogP contribution >= 0.6 is 0 Å². The summed E-state index contributed by atoms with van der Waals surface area (Å²) in [5, 5.41) is 4.13. The topological polar surface area (TPSA) is 67.2 Å². The molecule has 30 heavy (non-hydrogen) atoms. The van der Waals surface area contributed by atoms with Gasteiger partial charge in [0, 0.05) is 57.3 Å². The van der Waals surface area contributed by atoms with E-state index in [1.54, 1.807) is 35.4 Å². The Kier molecular flexibility index (Phi) is 5.74. The number of hydrogen-bond donors (Lipinski definition) is 0. The molecule has 1 fully saturated rings. The van der Waals surface area contributed by atoms with E-state index in [1.165, 1.54) is 12.1 Å². The van der Waals surface area contributed by atoms with Crippen molar-refractivity contribution in [1.82, 2.24) is 24.6 Å². The summed E-state index contributed by atoms with van der Waals surface area (Å²) in [6, 6.07) is 8.19. The van der Waals surface area contributed by atoms with Gasteiger partial charge in [-0.2, -0.15) is 5.10 Å². The van der Waals surface area contributed by atoms with E-state index in [4.69, 9.17) is 4.98 Å². The van der Waals surface area contributed by atoms with Gasteiger partial charge in [0.25, 0.3) is 0 Å². The zero-order valence-electron chi connectivity index (χ0n) is 17.2. The second-order valence-corrected chi connectivity index (χ2v) is 7.75. The third-order valence-electron chi connectivity index (χ3n) is 5.38. The van der Waals surface area contributed by atoms with Crippen LogP contribution in [0.15, 0.2) is 48.9 Å². The standard InChI is InChI=1S/C22H25FN6O/c1-27(2)22-24-13-19(16-6-8-18(23)9-7-16)21(26-22)17-5-3-11-28(14-17)20(30)15-29-12-4-10-25-29/h4,6-10,12-13,17H,3,5,11,14-15H2,1-2H3/t17-/m0/s1. The van der Waals surface area contributed by atoms with Crippen molar-refractivity contribution in [2.45, 2.75) is 25.3 Å². The minimum atomic E-state index is -0.279. The van der Waals surface area contributed by atoms with Crippen LogP contribution in [0.4, 0.5) is 10.3 Å². The predicted molar refractivity (Wildman–Crippen MR) is 113 cm³/mol. The van der Waals surface area contributed by atoms with E-state index in [2.05, 4.69) is 10.1 Å². The van der Waals surface area contributed by atoms with Gasteiger partial charge in [0.1, 0.15) is 12.4 Å². The van der Waals surface area contributed by atoms with Crippen molar-refractivity contribution in [1.29, 1.82) is 0 Å². The van der Waals surface area contributed by atoms with Crippen molar-refractivity contribution in [3.63, 3.8) is 0 Å². The Morgan fingerprint density at radius 3 is 2.77 bits per heavy atom. The molecule has 0 radical (unpaired) electrons. The van der Waals surface area contributed by atoms with Gasteiger partial charge in [-0.05, 0) is 36.6 Å². The Morgan fingerprint density at radius 2 is 2.07 bits per heavy atom. The monoisotopic (exact) mass is 408 g/mol. The highest BCUT2D eigenvalue weighted by Crippen LogP contribution is 2.34. The summed E-state index contributed by atoms with van der Waals surface area (Å²) in [7, 11) is 3.80. The van der Waals surface area contributed by atoms with Crippen molar-refractivity contribution >= 4 is 11.9 Å². The fourth-order valence-corrected chi connectivity index (χ4v) is 3.82. The number of aromatic nitrogens is 4. The van der Waals surface area contributed by atoms with Gasteiger partial charge in [0.15, 0.2) is 0 Å². The SMILES string of the molecule is CN(C)c1ncc(-c2ccc(F)cc2)c([C@H]2CCCN(C(=O)Cn3cccn3)C2)n1. The molecule has 7 nitrogen and oxygen atoms in total. The van der Waals surface area contributed by atoms with E-state index >= 15 is 0 Å². The Morgan fingerprint density at radius 1 is 1.27 bits per heavy atom. The highest BCUT2D eigenvalue weighted by Gasteiger charge is 2.28. The van der Waals surface area contributed by atoms with Gasteiger partial charge < -0.3 is 9.80 Å². The Hall–Kier alpha value is -3.29.